The molecule has 0 aliphatic carbocycles. The molecule has 2 aromatic carbocycles. The summed E-state index contributed by atoms with van der Waals surface area (Å²) in [4.78, 5) is 30.6. The van der Waals surface area contributed by atoms with Crippen molar-refractivity contribution in [2.24, 2.45) is 0 Å². The van der Waals surface area contributed by atoms with Gasteiger partial charge >= 0.3 is 5.97 Å². The van der Waals surface area contributed by atoms with Gasteiger partial charge in [-0.05, 0) is 24.6 Å². The van der Waals surface area contributed by atoms with Gasteiger partial charge in [0.05, 0.1) is 17.0 Å². The van der Waals surface area contributed by atoms with Crippen LogP contribution < -0.4 is 5.56 Å². The number of aryl methyl sites for hydroxylation is 1. The van der Waals surface area contributed by atoms with E-state index in [0.29, 0.717) is 15.8 Å². The fourth-order valence-electron chi connectivity index (χ4n) is 3.14. The van der Waals surface area contributed by atoms with E-state index >= 15 is 0 Å². The summed E-state index contributed by atoms with van der Waals surface area (Å²) in [6.07, 6.45) is 0. The van der Waals surface area contributed by atoms with Crippen LogP contribution in [0.15, 0.2) is 64.8 Å². The molecule has 0 radical (unpaired) electrons. The van der Waals surface area contributed by atoms with Crippen molar-refractivity contribution in [2.75, 3.05) is 0 Å². The Bertz CT molecular complexity index is 1320. The fourth-order valence-corrected chi connectivity index (χ4v) is 4.10. The molecule has 4 rings (SSSR count). The van der Waals surface area contributed by atoms with Crippen molar-refractivity contribution in [1.82, 2.24) is 9.55 Å². The van der Waals surface area contributed by atoms with Crippen LogP contribution in [0.1, 0.15) is 21.7 Å². The summed E-state index contributed by atoms with van der Waals surface area (Å²) in [6, 6.07) is 18.6. The van der Waals surface area contributed by atoms with E-state index in [9.17, 15) is 14.9 Å². The second-order valence-corrected chi connectivity index (χ2v) is 7.57. The maximum absolute atomic E-state index is 13.2. The number of benzene rings is 2. The van der Waals surface area contributed by atoms with Crippen LogP contribution in [0.5, 0.6) is 0 Å². The minimum Gasteiger partial charge on any atom is -0.454 e. The Morgan fingerprint density at radius 1 is 1.17 bits per heavy atom. The molecule has 4 aromatic rings. The smallest absolute Gasteiger partial charge is 0.338 e. The van der Waals surface area contributed by atoms with Gasteiger partial charge in [0, 0.05) is 10.9 Å². The zero-order chi connectivity index (χ0) is 21.1. The Hall–Kier alpha value is -3.76. The largest absolute Gasteiger partial charge is 0.454 e. The van der Waals surface area contributed by atoms with E-state index in [1.165, 1.54) is 15.9 Å². The molecule has 0 atom stereocenters. The molecule has 0 unspecified atom stereocenters. The molecular weight excluding hydrogens is 398 g/mol. The Labute approximate surface area is 176 Å². The SMILES string of the molecule is Cc1ccc(C(=O)OCc2nc3scc(-c4ccccc4)c3c(=O)n2CC#N)cc1. The predicted octanol–water partition coefficient (Wildman–Crippen LogP) is 4.31. The molecular formula is C23H17N3O3S. The lowest BCUT2D eigenvalue weighted by Gasteiger charge is -2.11. The molecule has 0 spiro atoms. The summed E-state index contributed by atoms with van der Waals surface area (Å²) in [7, 11) is 0. The third-order valence-electron chi connectivity index (χ3n) is 4.71. The molecule has 0 saturated heterocycles. The summed E-state index contributed by atoms with van der Waals surface area (Å²) in [5.41, 5.74) is 2.82. The van der Waals surface area contributed by atoms with Crippen LogP contribution in [0.4, 0.5) is 0 Å². The lowest BCUT2D eigenvalue weighted by atomic mass is 10.1. The van der Waals surface area contributed by atoms with E-state index in [4.69, 9.17) is 4.74 Å². The highest BCUT2D eigenvalue weighted by molar-refractivity contribution is 7.17. The maximum Gasteiger partial charge on any atom is 0.338 e. The lowest BCUT2D eigenvalue weighted by molar-refractivity contribution is 0.0457. The first-order chi connectivity index (χ1) is 14.6. The first-order valence-electron chi connectivity index (χ1n) is 9.25. The fraction of sp³-hybridized carbons (Fsp3) is 0.130. The second kappa shape index (κ2) is 8.31. The number of hydrogen-bond acceptors (Lipinski definition) is 6. The monoisotopic (exact) mass is 415 g/mol. The summed E-state index contributed by atoms with van der Waals surface area (Å²) in [5.74, 6) is -0.264. The average molecular weight is 415 g/mol. The molecule has 30 heavy (non-hydrogen) atoms. The number of fused-ring (bicyclic) bond motifs is 1. The van der Waals surface area contributed by atoms with E-state index in [1.807, 2.05) is 60.8 Å². The zero-order valence-corrected chi connectivity index (χ0v) is 17.0. The van der Waals surface area contributed by atoms with Gasteiger partial charge in [0.15, 0.2) is 5.82 Å². The number of nitrogens with zero attached hydrogens (tertiary/aromatic N) is 3. The molecule has 148 valence electrons. The number of esters is 1. The molecule has 2 aromatic heterocycles. The molecule has 0 amide bonds. The highest BCUT2D eigenvalue weighted by Gasteiger charge is 2.18. The summed E-state index contributed by atoms with van der Waals surface area (Å²) in [6.45, 7) is 1.56. The van der Waals surface area contributed by atoms with Gasteiger partial charge in [-0.1, -0.05) is 48.0 Å². The average Bonchev–Trinajstić information content (AvgIpc) is 3.19. The van der Waals surface area contributed by atoms with Gasteiger partial charge in [0.1, 0.15) is 18.0 Å². The molecule has 0 N–H and O–H groups in total. The van der Waals surface area contributed by atoms with Crippen LogP contribution in [0, 0.1) is 18.3 Å². The van der Waals surface area contributed by atoms with Crippen LogP contribution in [0.2, 0.25) is 0 Å². The van der Waals surface area contributed by atoms with Gasteiger partial charge in [-0.15, -0.1) is 11.3 Å². The van der Waals surface area contributed by atoms with Gasteiger partial charge in [-0.3, -0.25) is 9.36 Å². The quantitative estimate of drug-likeness (QED) is 0.453. The Balaban J connectivity index is 1.71. The molecule has 0 saturated carbocycles. The topological polar surface area (TPSA) is 85.0 Å². The van der Waals surface area contributed by atoms with Crippen LogP contribution >= 0.6 is 11.3 Å². The van der Waals surface area contributed by atoms with E-state index in [2.05, 4.69) is 4.98 Å². The van der Waals surface area contributed by atoms with Gasteiger partial charge < -0.3 is 4.74 Å². The summed E-state index contributed by atoms with van der Waals surface area (Å²) in [5, 5.41) is 11.6. The third-order valence-corrected chi connectivity index (χ3v) is 5.58. The van der Waals surface area contributed by atoms with Crippen molar-refractivity contribution in [3.8, 4) is 17.2 Å². The van der Waals surface area contributed by atoms with E-state index in [-0.39, 0.29) is 24.5 Å². The summed E-state index contributed by atoms with van der Waals surface area (Å²) < 4.78 is 6.64. The Morgan fingerprint density at radius 2 is 1.90 bits per heavy atom. The number of carbonyl (C=O) groups excluding carboxylic acids is 1. The number of ether oxygens (including phenoxy) is 1. The van der Waals surface area contributed by atoms with Crippen LogP contribution in [-0.4, -0.2) is 15.5 Å². The number of aromatic nitrogens is 2. The van der Waals surface area contributed by atoms with Crippen molar-refractivity contribution >= 4 is 27.5 Å². The number of hydrogen-bond donors (Lipinski definition) is 0. The zero-order valence-electron chi connectivity index (χ0n) is 16.2. The lowest BCUT2D eigenvalue weighted by Crippen LogP contribution is -2.26. The van der Waals surface area contributed by atoms with Gasteiger partial charge in [0.25, 0.3) is 5.56 Å². The maximum atomic E-state index is 13.2. The molecule has 7 heteroatoms. The van der Waals surface area contributed by atoms with Crippen LogP contribution in [-0.2, 0) is 17.9 Å². The number of rotatable bonds is 5. The molecule has 0 aliphatic rings. The highest BCUT2D eigenvalue weighted by Crippen LogP contribution is 2.30. The Morgan fingerprint density at radius 3 is 2.60 bits per heavy atom. The van der Waals surface area contributed by atoms with Crippen LogP contribution in [0.25, 0.3) is 21.3 Å². The molecule has 0 bridgehead atoms. The van der Waals surface area contributed by atoms with Crippen molar-refractivity contribution in [2.45, 2.75) is 20.1 Å². The normalized spacial score (nSPS) is 10.7. The summed E-state index contributed by atoms with van der Waals surface area (Å²) >= 11 is 1.35. The number of thiophene rings is 1. The molecule has 2 heterocycles. The van der Waals surface area contributed by atoms with Gasteiger partial charge in [0.2, 0.25) is 0 Å². The number of carbonyl (C=O) groups is 1. The predicted molar refractivity (Wildman–Crippen MR) is 115 cm³/mol. The second-order valence-electron chi connectivity index (χ2n) is 6.72. The van der Waals surface area contributed by atoms with Crippen LogP contribution in [0.3, 0.4) is 0 Å². The molecule has 0 aliphatic heterocycles. The van der Waals surface area contributed by atoms with E-state index in [1.54, 1.807) is 12.1 Å². The first kappa shape index (κ1) is 19.6. The van der Waals surface area contributed by atoms with E-state index in [0.717, 1.165) is 16.7 Å². The minimum absolute atomic E-state index is 0.177. The first-order valence-corrected chi connectivity index (χ1v) is 10.1. The van der Waals surface area contributed by atoms with E-state index < -0.39 is 5.97 Å². The van der Waals surface area contributed by atoms with Crippen molar-refractivity contribution in [1.29, 1.82) is 5.26 Å². The van der Waals surface area contributed by atoms with Gasteiger partial charge in [-0.25, -0.2) is 9.78 Å². The number of nitriles is 1. The standard InChI is InChI=1S/C23H17N3O3S/c1-15-7-9-17(10-8-15)23(28)29-13-19-25-21-20(22(27)26(19)12-11-24)18(14-30-21)16-5-3-2-4-6-16/h2-10,14H,12-13H2,1H3. The Kier molecular flexibility index (Phi) is 5.42. The van der Waals surface area contributed by atoms with Crippen molar-refractivity contribution in [3.63, 3.8) is 0 Å². The third kappa shape index (κ3) is 3.73. The highest BCUT2D eigenvalue weighted by atomic mass is 32.1. The van der Waals surface area contributed by atoms with Crippen molar-refractivity contribution in [3.05, 3.63) is 87.3 Å². The van der Waals surface area contributed by atoms with Crippen molar-refractivity contribution < 1.29 is 9.53 Å². The molecule has 6 nitrogen and oxygen atoms in total. The van der Waals surface area contributed by atoms with Gasteiger partial charge in [-0.2, -0.15) is 5.26 Å². The minimum atomic E-state index is -0.510. The molecule has 0 fully saturated rings.